The molecule has 2 atom stereocenters. The lowest BCUT2D eigenvalue weighted by molar-refractivity contribution is 0.941. The van der Waals surface area contributed by atoms with Crippen LogP contribution in [0.25, 0.3) is 0 Å². The van der Waals surface area contributed by atoms with Gasteiger partial charge in [0, 0.05) is 10.5 Å². The Kier molecular flexibility index (Phi) is 6.06. The van der Waals surface area contributed by atoms with Crippen molar-refractivity contribution < 1.29 is 0 Å². The molecular formula is C14H24S2. The topological polar surface area (TPSA) is 0 Å². The maximum Gasteiger partial charge on any atom is 0.0690 e. The van der Waals surface area contributed by atoms with Gasteiger partial charge in [-0.1, -0.05) is 37.1 Å². The fourth-order valence-electron chi connectivity index (χ4n) is 1.66. The zero-order valence-electron chi connectivity index (χ0n) is 11.1. The average molecular weight is 256 g/mol. The SMILES string of the molecule is CC(C)=CCC/C(C)=C/C1SC(C)C(C)S1. The standard InChI is InChI=1S/C14H24S2/c1-10(2)7-6-8-11(3)9-14-15-12(4)13(5)16-14/h7,9,12-14H,6,8H2,1-5H3/b11-9+. The van der Waals surface area contributed by atoms with Gasteiger partial charge in [0.05, 0.1) is 4.58 Å². The number of thioether (sulfide) groups is 2. The molecule has 1 aliphatic rings. The molecule has 0 spiro atoms. The van der Waals surface area contributed by atoms with Crippen LogP contribution in [-0.4, -0.2) is 15.1 Å². The van der Waals surface area contributed by atoms with Crippen molar-refractivity contribution in [3.8, 4) is 0 Å². The fraction of sp³-hybridized carbons (Fsp3) is 0.714. The molecule has 0 aromatic rings. The first-order valence-electron chi connectivity index (χ1n) is 6.10. The van der Waals surface area contributed by atoms with E-state index in [1.165, 1.54) is 18.4 Å². The summed E-state index contributed by atoms with van der Waals surface area (Å²) in [7, 11) is 0. The minimum atomic E-state index is 0.691. The summed E-state index contributed by atoms with van der Waals surface area (Å²) in [6, 6.07) is 0. The Balaban J connectivity index is 2.36. The van der Waals surface area contributed by atoms with Crippen molar-refractivity contribution in [1.29, 1.82) is 0 Å². The summed E-state index contributed by atoms with van der Waals surface area (Å²) in [5.41, 5.74) is 2.98. The van der Waals surface area contributed by atoms with Crippen LogP contribution in [0.3, 0.4) is 0 Å². The first kappa shape index (κ1) is 14.2. The second-order valence-corrected chi connectivity index (χ2v) is 8.23. The van der Waals surface area contributed by atoms with E-state index in [-0.39, 0.29) is 0 Å². The second kappa shape index (κ2) is 6.80. The van der Waals surface area contributed by atoms with Crippen LogP contribution < -0.4 is 0 Å². The quantitative estimate of drug-likeness (QED) is 0.629. The minimum absolute atomic E-state index is 0.691. The lowest BCUT2D eigenvalue weighted by Crippen LogP contribution is -2.04. The van der Waals surface area contributed by atoms with E-state index in [9.17, 15) is 0 Å². The molecule has 0 radical (unpaired) electrons. The highest BCUT2D eigenvalue weighted by molar-refractivity contribution is 8.21. The van der Waals surface area contributed by atoms with E-state index >= 15 is 0 Å². The molecule has 1 rings (SSSR count). The second-order valence-electron chi connectivity index (χ2n) is 4.88. The average Bonchev–Trinajstić information content (AvgIpc) is 2.44. The number of hydrogen-bond acceptors (Lipinski definition) is 2. The van der Waals surface area contributed by atoms with Crippen molar-refractivity contribution in [2.24, 2.45) is 0 Å². The molecule has 0 amide bonds. The molecule has 0 nitrogen and oxygen atoms in total. The predicted octanol–water partition coefficient (Wildman–Crippen LogP) is 5.26. The molecule has 2 unspecified atom stereocenters. The third kappa shape index (κ3) is 5.01. The van der Waals surface area contributed by atoms with E-state index in [1.54, 1.807) is 5.57 Å². The summed E-state index contributed by atoms with van der Waals surface area (Å²) in [4.78, 5) is 0. The van der Waals surface area contributed by atoms with Crippen molar-refractivity contribution >= 4 is 23.5 Å². The molecular weight excluding hydrogens is 232 g/mol. The van der Waals surface area contributed by atoms with E-state index < -0.39 is 0 Å². The summed E-state index contributed by atoms with van der Waals surface area (Å²) >= 11 is 4.23. The molecule has 0 bridgehead atoms. The first-order valence-corrected chi connectivity index (χ1v) is 7.99. The molecule has 0 aromatic heterocycles. The Morgan fingerprint density at radius 3 is 2.12 bits per heavy atom. The monoisotopic (exact) mass is 256 g/mol. The van der Waals surface area contributed by atoms with Gasteiger partial charge in [0.15, 0.2) is 0 Å². The van der Waals surface area contributed by atoms with Crippen molar-refractivity contribution in [2.75, 3.05) is 0 Å². The summed E-state index contributed by atoms with van der Waals surface area (Å²) < 4.78 is 0.691. The highest BCUT2D eigenvalue weighted by atomic mass is 32.2. The zero-order valence-corrected chi connectivity index (χ0v) is 12.8. The largest absolute Gasteiger partial charge is 0.139 e. The molecule has 1 fully saturated rings. The van der Waals surface area contributed by atoms with E-state index in [2.05, 4.69) is 70.3 Å². The molecule has 1 heterocycles. The third-order valence-electron chi connectivity index (χ3n) is 2.87. The van der Waals surface area contributed by atoms with Crippen molar-refractivity contribution in [3.05, 3.63) is 23.3 Å². The summed E-state index contributed by atoms with van der Waals surface area (Å²) in [5.74, 6) is 0. The number of rotatable bonds is 4. The molecule has 0 saturated carbocycles. The van der Waals surface area contributed by atoms with Gasteiger partial charge in [-0.2, -0.15) is 0 Å². The van der Waals surface area contributed by atoms with E-state index in [1.807, 2.05) is 0 Å². The van der Waals surface area contributed by atoms with Crippen LogP contribution in [0.1, 0.15) is 47.5 Å². The third-order valence-corrected chi connectivity index (χ3v) is 6.19. The molecule has 0 N–H and O–H groups in total. The maximum absolute atomic E-state index is 2.47. The van der Waals surface area contributed by atoms with E-state index in [0.717, 1.165) is 10.5 Å². The van der Waals surface area contributed by atoms with E-state index in [4.69, 9.17) is 0 Å². The predicted molar refractivity (Wildman–Crippen MR) is 80.3 cm³/mol. The molecule has 1 aliphatic heterocycles. The normalized spacial score (nSPS) is 30.6. The van der Waals surface area contributed by atoms with Gasteiger partial charge in [0.1, 0.15) is 0 Å². The lowest BCUT2D eigenvalue weighted by Gasteiger charge is -2.05. The zero-order chi connectivity index (χ0) is 12.1. The fourth-order valence-corrected chi connectivity index (χ4v) is 5.26. The maximum atomic E-state index is 2.47. The number of allylic oxidation sites excluding steroid dienone is 3. The first-order chi connectivity index (χ1) is 7.49. The van der Waals surface area contributed by atoms with Crippen LogP contribution in [-0.2, 0) is 0 Å². The van der Waals surface area contributed by atoms with Gasteiger partial charge in [0.25, 0.3) is 0 Å². The molecule has 16 heavy (non-hydrogen) atoms. The van der Waals surface area contributed by atoms with Crippen molar-refractivity contribution in [1.82, 2.24) is 0 Å². The van der Waals surface area contributed by atoms with Gasteiger partial charge in [0.2, 0.25) is 0 Å². The van der Waals surface area contributed by atoms with Crippen LogP contribution >= 0.6 is 23.5 Å². The van der Waals surface area contributed by atoms with Crippen LogP contribution in [0.2, 0.25) is 0 Å². The Labute approximate surface area is 109 Å². The van der Waals surface area contributed by atoms with Crippen LogP contribution in [0.15, 0.2) is 23.3 Å². The molecule has 0 aliphatic carbocycles. The molecule has 1 saturated heterocycles. The van der Waals surface area contributed by atoms with E-state index in [0.29, 0.717) is 4.58 Å². The van der Waals surface area contributed by atoms with Gasteiger partial charge in [-0.15, -0.1) is 23.5 Å². The Hall–Kier alpha value is 0.180. The van der Waals surface area contributed by atoms with Gasteiger partial charge < -0.3 is 0 Å². The van der Waals surface area contributed by atoms with Crippen LogP contribution in [0, 0.1) is 0 Å². The molecule has 0 aromatic carbocycles. The van der Waals surface area contributed by atoms with Gasteiger partial charge in [-0.25, -0.2) is 0 Å². The highest BCUT2D eigenvalue weighted by Crippen LogP contribution is 2.44. The summed E-state index contributed by atoms with van der Waals surface area (Å²) in [5, 5.41) is 1.61. The molecule has 92 valence electrons. The molecule has 2 heteroatoms. The smallest absolute Gasteiger partial charge is 0.0690 e. The van der Waals surface area contributed by atoms with Crippen LogP contribution in [0.5, 0.6) is 0 Å². The van der Waals surface area contributed by atoms with Crippen molar-refractivity contribution in [3.63, 3.8) is 0 Å². The highest BCUT2D eigenvalue weighted by Gasteiger charge is 2.27. The Morgan fingerprint density at radius 2 is 1.62 bits per heavy atom. The Morgan fingerprint density at radius 1 is 1.06 bits per heavy atom. The number of hydrogen-bond donors (Lipinski definition) is 0. The van der Waals surface area contributed by atoms with Gasteiger partial charge in [-0.3, -0.25) is 0 Å². The summed E-state index contributed by atoms with van der Waals surface area (Å²) in [6.07, 6.45) is 7.20. The Bertz CT molecular complexity index is 264. The minimum Gasteiger partial charge on any atom is -0.139 e. The van der Waals surface area contributed by atoms with Crippen molar-refractivity contribution in [2.45, 2.75) is 62.5 Å². The van der Waals surface area contributed by atoms with Crippen LogP contribution in [0.4, 0.5) is 0 Å². The van der Waals surface area contributed by atoms with Gasteiger partial charge in [-0.05, 0) is 33.6 Å². The van der Waals surface area contributed by atoms with Gasteiger partial charge >= 0.3 is 0 Å². The lowest BCUT2D eigenvalue weighted by atomic mass is 10.1. The summed E-state index contributed by atoms with van der Waals surface area (Å²) in [6.45, 7) is 11.3.